The van der Waals surface area contributed by atoms with Gasteiger partial charge in [-0.15, -0.1) is 11.8 Å². The van der Waals surface area contributed by atoms with E-state index in [4.69, 9.17) is 10.3 Å². The second-order valence-electron chi connectivity index (χ2n) is 4.00. The van der Waals surface area contributed by atoms with Crippen molar-refractivity contribution in [2.24, 2.45) is 5.73 Å². The monoisotopic (exact) mass is 257 g/mol. The van der Waals surface area contributed by atoms with E-state index in [1.165, 1.54) is 0 Å². The first-order chi connectivity index (χ1) is 8.04. The van der Waals surface area contributed by atoms with Gasteiger partial charge in [0.05, 0.1) is 11.4 Å². The highest BCUT2D eigenvalue weighted by Gasteiger charge is 2.10. The van der Waals surface area contributed by atoms with Crippen molar-refractivity contribution in [3.8, 4) is 0 Å². The summed E-state index contributed by atoms with van der Waals surface area (Å²) in [6, 6.07) is 0.0298. The molecule has 3 N–H and O–H groups in total. The van der Waals surface area contributed by atoms with E-state index in [2.05, 4.69) is 10.5 Å². The lowest BCUT2D eigenvalue weighted by Gasteiger charge is -2.10. The third-order valence-corrected chi connectivity index (χ3v) is 3.38. The molecule has 1 atom stereocenters. The molecule has 1 heterocycles. The van der Waals surface area contributed by atoms with E-state index in [0.29, 0.717) is 12.3 Å². The maximum Gasteiger partial charge on any atom is 0.230 e. The molecule has 1 aromatic heterocycles. The first kappa shape index (κ1) is 14.1. The average molecular weight is 257 g/mol. The lowest BCUT2D eigenvalue weighted by atomic mass is 10.2. The number of nitrogens with two attached hydrogens (primary N) is 1. The van der Waals surface area contributed by atoms with Gasteiger partial charge in [-0.3, -0.25) is 4.79 Å². The summed E-state index contributed by atoms with van der Waals surface area (Å²) in [5.74, 6) is 2.01. The van der Waals surface area contributed by atoms with Gasteiger partial charge in [-0.2, -0.15) is 0 Å². The number of hydrogen-bond donors (Lipinski definition) is 2. The van der Waals surface area contributed by atoms with Gasteiger partial charge >= 0.3 is 0 Å². The molecule has 0 fully saturated rings. The maximum atomic E-state index is 11.5. The van der Waals surface area contributed by atoms with Gasteiger partial charge in [0, 0.05) is 23.9 Å². The van der Waals surface area contributed by atoms with Gasteiger partial charge in [0.1, 0.15) is 5.76 Å². The van der Waals surface area contributed by atoms with Crippen LogP contribution in [0.1, 0.15) is 23.9 Å². The Hall–Kier alpha value is -1.01. The minimum Gasteiger partial charge on any atom is -0.361 e. The molecular weight excluding hydrogens is 238 g/mol. The number of thioether (sulfide) groups is 1. The summed E-state index contributed by atoms with van der Waals surface area (Å²) in [6.45, 7) is 6.13. The number of carbonyl (C=O) groups excluding carboxylic acids is 1. The molecule has 5 nitrogen and oxygen atoms in total. The number of aromatic nitrogens is 1. The van der Waals surface area contributed by atoms with Crippen LogP contribution >= 0.6 is 11.8 Å². The molecule has 0 aliphatic rings. The largest absolute Gasteiger partial charge is 0.361 e. The fourth-order valence-corrected chi connectivity index (χ4v) is 2.32. The molecule has 0 spiro atoms. The fraction of sp³-hybridized carbons (Fsp3) is 0.636. The lowest BCUT2D eigenvalue weighted by Crippen LogP contribution is -2.38. The third kappa shape index (κ3) is 4.40. The van der Waals surface area contributed by atoms with Crippen molar-refractivity contribution in [3.05, 3.63) is 17.0 Å². The van der Waals surface area contributed by atoms with Gasteiger partial charge in [0.25, 0.3) is 0 Å². The number of amides is 1. The molecule has 0 bridgehead atoms. The molecule has 0 radical (unpaired) electrons. The Morgan fingerprint density at radius 1 is 1.59 bits per heavy atom. The smallest absolute Gasteiger partial charge is 0.230 e. The van der Waals surface area contributed by atoms with Crippen molar-refractivity contribution in [3.63, 3.8) is 0 Å². The molecular formula is C11H19N3O2S. The summed E-state index contributed by atoms with van der Waals surface area (Å²) >= 11 is 1.55. The van der Waals surface area contributed by atoms with Gasteiger partial charge < -0.3 is 15.6 Å². The Bertz CT molecular complexity index is 359. The minimum absolute atomic E-state index is 0.0136. The van der Waals surface area contributed by atoms with Gasteiger partial charge in [-0.25, -0.2) is 0 Å². The Morgan fingerprint density at radius 2 is 2.29 bits per heavy atom. The van der Waals surface area contributed by atoms with Crippen LogP contribution < -0.4 is 11.1 Å². The van der Waals surface area contributed by atoms with Crippen LogP contribution in [-0.2, 0) is 10.5 Å². The first-order valence-corrected chi connectivity index (χ1v) is 6.69. The second-order valence-corrected chi connectivity index (χ2v) is 4.99. The van der Waals surface area contributed by atoms with Crippen LogP contribution in [0.4, 0.5) is 0 Å². The van der Waals surface area contributed by atoms with E-state index in [0.717, 1.165) is 22.8 Å². The van der Waals surface area contributed by atoms with Crippen LogP contribution in [0.3, 0.4) is 0 Å². The zero-order chi connectivity index (χ0) is 12.8. The predicted molar refractivity (Wildman–Crippen MR) is 68.8 cm³/mol. The average Bonchev–Trinajstić information content (AvgIpc) is 2.60. The molecule has 0 saturated heterocycles. The first-order valence-electron chi connectivity index (χ1n) is 5.53. The number of nitrogens with one attached hydrogen (secondary N) is 1. The van der Waals surface area contributed by atoms with Crippen LogP contribution in [-0.4, -0.2) is 29.4 Å². The minimum atomic E-state index is 0.0136. The quantitative estimate of drug-likeness (QED) is 0.794. The summed E-state index contributed by atoms with van der Waals surface area (Å²) in [6.07, 6.45) is 0. The van der Waals surface area contributed by atoms with Gasteiger partial charge in [-0.1, -0.05) is 5.16 Å². The van der Waals surface area contributed by atoms with E-state index < -0.39 is 0 Å². The molecule has 1 amide bonds. The van der Waals surface area contributed by atoms with Crippen LogP contribution in [0, 0.1) is 13.8 Å². The zero-order valence-electron chi connectivity index (χ0n) is 10.4. The molecule has 17 heavy (non-hydrogen) atoms. The third-order valence-electron chi connectivity index (χ3n) is 2.42. The number of nitrogens with zero attached hydrogens (tertiary/aromatic N) is 1. The standard InChI is InChI=1S/C11H19N3O2S/c1-7(4-12)13-11(15)6-17-5-10-8(2)14-16-9(10)3/h7H,4-6,12H2,1-3H3,(H,13,15)/t7-/m0/s1. The molecule has 0 aliphatic heterocycles. The molecule has 0 aliphatic carbocycles. The molecule has 0 aromatic carbocycles. The van der Waals surface area contributed by atoms with Crippen LogP contribution in [0.15, 0.2) is 4.52 Å². The number of hydrogen-bond acceptors (Lipinski definition) is 5. The summed E-state index contributed by atoms with van der Waals surface area (Å²) in [5, 5.41) is 6.69. The highest BCUT2D eigenvalue weighted by Crippen LogP contribution is 2.19. The number of rotatable bonds is 6. The lowest BCUT2D eigenvalue weighted by molar-refractivity contribution is -0.119. The van der Waals surface area contributed by atoms with E-state index in [-0.39, 0.29) is 11.9 Å². The van der Waals surface area contributed by atoms with Crippen LogP contribution in [0.2, 0.25) is 0 Å². The highest BCUT2D eigenvalue weighted by atomic mass is 32.2. The summed E-state index contributed by atoms with van der Waals surface area (Å²) in [7, 11) is 0. The Labute approximate surface area is 105 Å². The molecule has 1 rings (SSSR count). The van der Waals surface area contributed by atoms with Crippen molar-refractivity contribution in [2.75, 3.05) is 12.3 Å². The van der Waals surface area contributed by atoms with Crippen molar-refractivity contribution >= 4 is 17.7 Å². The van der Waals surface area contributed by atoms with Crippen molar-refractivity contribution in [1.82, 2.24) is 10.5 Å². The van der Waals surface area contributed by atoms with E-state index in [1.807, 2.05) is 20.8 Å². The topological polar surface area (TPSA) is 81.2 Å². The Morgan fingerprint density at radius 3 is 2.82 bits per heavy atom. The fourth-order valence-electron chi connectivity index (χ4n) is 1.33. The van der Waals surface area contributed by atoms with Gasteiger partial charge in [0.15, 0.2) is 0 Å². The molecule has 0 saturated carbocycles. The van der Waals surface area contributed by atoms with E-state index in [9.17, 15) is 4.79 Å². The van der Waals surface area contributed by atoms with E-state index >= 15 is 0 Å². The molecule has 0 unspecified atom stereocenters. The zero-order valence-corrected chi connectivity index (χ0v) is 11.3. The Kier molecular flexibility index (Phi) is 5.50. The molecule has 6 heteroatoms. The highest BCUT2D eigenvalue weighted by molar-refractivity contribution is 7.99. The number of carbonyl (C=O) groups is 1. The number of aryl methyl sites for hydroxylation is 2. The summed E-state index contributed by atoms with van der Waals surface area (Å²) < 4.78 is 5.05. The normalized spacial score (nSPS) is 12.5. The van der Waals surface area contributed by atoms with Gasteiger partial charge in [-0.05, 0) is 20.8 Å². The second kappa shape index (κ2) is 6.66. The molecule has 96 valence electrons. The summed E-state index contributed by atoms with van der Waals surface area (Å²) in [5.41, 5.74) is 7.40. The van der Waals surface area contributed by atoms with Crippen molar-refractivity contribution in [1.29, 1.82) is 0 Å². The van der Waals surface area contributed by atoms with Crippen LogP contribution in [0.25, 0.3) is 0 Å². The predicted octanol–water partition coefficient (Wildman–Crippen LogP) is 0.988. The van der Waals surface area contributed by atoms with Crippen molar-refractivity contribution < 1.29 is 9.32 Å². The van der Waals surface area contributed by atoms with Crippen LogP contribution in [0.5, 0.6) is 0 Å². The molecule has 1 aromatic rings. The van der Waals surface area contributed by atoms with Crippen molar-refractivity contribution in [2.45, 2.75) is 32.6 Å². The van der Waals surface area contributed by atoms with Gasteiger partial charge in [0.2, 0.25) is 5.91 Å². The van der Waals surface area contributed by atoms with E-state index in [1.54, 1.807) is 11.8 Å². The maximum absolute atomic E-state index is 11.5. The summed E-state index contributed by atoms with van der Waals surface area (Å²) in [4.78, 5) is 11.5. The SMILES string of the molecule is Cc1noc(C)c1CSCC(=O)N[C@@H](C)CN. The Balaban J connectivity index is 2.31.